The second-order valence-corrected chi connectivity index (χ2v) is 8.40. The monoisotopic (exact) mass is 288 g/mol. The lowest BCUT2D eigenvalue weighted by Crippen LogP contribution is -2.42. The molecular weight excluding hydrogens is 260 g/mol. The van der Waals surface area contributed by atoms with Crippen molar-refractivity contribution in [2.75, 3.05) is 18.8 Å². The number of nitrogens with one attached hydrogen (secondary N) is 1. The molecule has 1 heterocycles. The van der Waals surface area contributed by atoms with Crippen LogP contribution >= 0.6 is 0 Å². The summed E-state index contributed by atoms with van der Waals surface area (Å²) in [5.74, 6) is 0.917. The third kappa shape index (κ3) is 4.72. The van der Waals surface area contributed by atoms with Crippen LogP contribution in [0.1, 0.15) is 52.4 Å². The standard InChI is InChI=1S/C14H28N2O2S/c1-12(2)16(11-13-6-7-13)19(17,18)10-8-14-5-3-4-9-15-14/h12-15H,3-11H2,1-2H3. The average molecular weight is 288 g/mol. The largest absolute Gasteiger partial charge is 0.314 e. The first-order valence-corrected chi connectivity index (χ1v) is 9.33. The Bertz CT molecular complexity index is 371. The molecule has 112 valence electrons. The lowest BCUT2D eigenvalue weighted by Gasteiger charge is -2.28. The minimum atomic E-state index is -3.08. The molecule has 5 heteroatoms. The number of nitrogens with zero attached hydrogens (tertiary/aromatic N) is 1. The summed E-state index contributed by atoms with van der Waals surface area (Å²) in [5.41, 5.74) is 0. The van der Waals surface area contributed by atoms with E-state index < -0.39 is 10.0 Å². The summed E-state index contributed by atoms with van der Waals surface area (Å²) in [7, 11) is -3.08. The van der Waals surface area contributed by atoms with Gasteiger partial charge in [0.25, 0.3) is 0 Å². The van der Waals surface area contributed by atoms with E-state index in [2.05, 4.69) is 5.32 Å². The lowest BCUT2D eigenvalue weighted by atomic mass is 10.0. The van der Waals surface area contributed by atoms with E-state index in [9.17, 15) is 8.42 Å². The van der Waals surface area contributed by atoms with Gasteiger partial charge in [0.2, 0.25) is 10.0 Å². The van der Waals surface area contributed by atoms with Gasteiger partial charge in [0.15, 0.2) is 0 Å². The smallest absolute Gasteiger partial charge is 0.214 e. The van der Waals surface area contributed by atoms with Gasteiger partial charge in [-0.15, -0.1) is 0 Å². The molecule has 0 aromatic heterocycles. The lowest BCUT2D eigenvalue weighted by molar-refractivity contribution is 0.337. The van der Waals surface area contributed by atoms with Crippen LogP contribution < -0.4 is 5.32 Å². The highest BCUT2D eigenvalue weighted by Crippen LogP contribution is 2.31. The van der Waals surface area contributed by atoms with Crippen molar-refractivity contribution < 1.29 is 8.42 Å². The average Bonchev–Trinajstić information content (AvgIpc) is 3.18. The third-order valence-corrected chi connectivity index (χ3v) is 6.24. The topological polar surface area (TPSA) is 49.4 Å². The van der Waals surface area contributed by atoms with E-state index in [1.54, 1.807) is 4.31 Å². The van der Waals surface area contributed by atoms with Crippen LogP contribution in [0.15, 0.2) is 0 Å². The molecule has 2 fully saturated rings. The molecule has 0 amide bonds. The van der Waals surface area contributed by atoms with Gasteiger partial charge >= 0.3 is 0 Å². The minimum absolute atomic E-state index is 0.0879. The molecule has 0 radical (unpaired) electrons. The molecule has 0 spiro atoms. The summed E-state index contributed by atoms with van der Waals surface area (Å²) in [5, 5.41) is 3.43. The van der Waals surface area contributed by atoms with Crippen LogP contribution in [-0.2, 0) is 10.0 Å². The van der Waals surface area contributed by atoms with Gasteiger partial charge in [-0.25, -0.2) is 8.42 Å². The van der Waals surface area contributed by atoms with Crippen molar-refractivity contribution in [2.24, 2.45) is 5.92 Å². The molecule has 2 aliphatic rings. The fourth-order valence-electron chi connectivity index (χ4n) is 2.78. The van der Waals surface area contributed by atoms with Gasteiger partial charge in [0.1, 0.15) is 0 Å². The fourth-order valence-corrected chi connectivity index (χ4v) is 4.68. The zero-order chi connectivity index (χ0) is 13.9. The maximum Gasteiger partial charge on any atom is 0.214 e. The van der Waals surface area contributed by atoms with E-state index in [0.717, 1.165) is 25.9 Å². The second-order valence-electron chi connectivity index (χ2n) is 6.36. The zero-order valence-corrected chi connectivity index (χ0v) is 13.1. The van der Waals surface area contributed by atoms with E-state index in [1.807, 2.05) is 13.8 Å². The van der Waals surface area contributed by atoms with Crippen molar-refractivity contribution in [2.45, 2.75) is 64.5 Å². The van der Waals surface area contributed by atoms with Crippen molar-refractivity contribution in [1.82, 2.24) is 9.62 Å². The Morgan fingerprint density at radius 1 is 1.21 bits per heavy atom. The molecule has 1 N–H and O–H groups in total. The normalized spacial score (nSPS) is 25.2. The van der Waals surface area contributed by atoms with E-state index in [4.69, 9.17) is 0 Å². The molecule has 1 aliphatic carbocycles. The summed E-state index contributed by atoms with van der Waals surface area (Å²) in [6, 6.07) is 0.489. The number of rotatable bonds is 7. The minimum Gasteiger partial charge on any atom is -0.314 e. The van der Waals surface area contributed by atoms with Crippen LogP contribution in [0.2, 0.25) is 0 Å². The maximum absolute atomic E-state index is 12.5. The third-order valence-electron chi connectivity index (χ3n) is 4.20. The Balaban J connectivity index is 1.86. The van der Waals surface area contributed by atoms with Gasteiger partial charge in [-0.05, 0) is 58.4 Å². The molecule has 1 atom stereocenters. The van der Waals surface area contributed by atoms with Gasteiger partial charge in [0, 0.05) is 18.6 Å². The molecule has 0 bridgehead atoms. The predicted octanol–water partition coefficient (Wildman–Crippen LogP) is 1.97. The van der Waals surface area contributed by atoms with E-state index in [0.29, 0.717) is 17.7 Å². The second kappa shape index (κ2) is 6.55. The maximum atomic E-state index is 12.5. The van der Waals surface area contributed by atoms with Crippen LogP contribution in [0.4, 0.5) is 0 Å². The first-order chi connectivity index (χ1) is 8.99. The van der Waals surface area contributed by atoms with Gasteiger partial charge in [-0.1, -0.05) is 6.42 Å². The van der Waals surface area contributed by atoms with Crippen molar-refractivity contribution >= 4 is 10.0 Å². The van der Waals surface area contributed by atoms with Crippen molar-refractivity contribution in [3.05, 3.63) is 0 Å². The molecule has 4 nitrogen and oxygen atoms in total. The van der Waals surface area contributed by atoms with Gasteiger partial charge in [-0.3, -0.25) is 0 Å². The number of hydrogen-bond donors (Lipinski definition) is 1. The Morgan fingerprint density at radius 3 is 2.47 bits per heavy atom. The van der Waals surface area contributed by atoms with Crippen molar-refractivity contribution in [3.63, 3.8) is 0 Å². The highest BCUT2D eigenvalue weighted by molar-refractivity contribution is 7.89. The molecular formula is C14H28N2O2S. The van der Waals surface area contributed by atoms with Crippen LogP contribution in [-0.4, -0.2) is 43.6 Å². The van der Waals surface area contributed by atoms with Gasteiger partial charge < -0.3 is 5.32 Å². The molecule has 0 aromatic carbocycles. The highest BCUT2D eigenvalue weighted by atomic mass is 32.2. The fraction of sp³-hybridized carbons (Fsp3) is 1.00. The molecule has 19 heavy (non-hydrogen) atoms. The van der Waals surface area contributed by atoms with Crippen molar-refractivity contribution in [3.8, 4) is 0 Å². The zero-order valence-electron chi connectivity index (χ0n) is 12.3. The summed E-state index contributed by atoms with van der Waals surface area (Å²) in [6.45, 7) is 5.75. The first-order valence-electron chi connectivity index (χ1n) is 7.72. The molecule has 1 saturated heterocycles. The van der Waals surface area contributed by atoms with E-state index in [1.165, 1.54) is 25.7 Å². The Labute approximate surface area is 118 Å². The molecule has 0 aromatic rings. The van der Waals surface area contributed by atoms with Crippen LogP contribution in [0.5, 0.6) is 0 Å². The molecule has 2 rings (SSSR count). The number of sulfonamides is 1. The molecule has 1 aliphatic heterocycles. The Hall–Kier alpha value is -0.130. The summed E-state index contributed by atoms with van der Waals surface area (Å²) < 4.78 is 26.7. The van der Waals surface area contributed by atoms with E-state index in [-0.39, 0.29) is 6.04 Å². The SMILES string of the molecule is CC(C)N(CC1CC1)S(=O)(=O)CCC1CCCCN1. The van der Waals surface area contributed by atoms with Crippen molar-refractivity contribution in [1.29, 1.82) is 0 Å². The number of piperidine rings is 1. The highest BCUT2D eigenvalue weighted by Gasteiger charge is 2.32. The summed E-state index contributed by atoms with van der Waals surface area (Å²) in [6.07, 6.45) is 6.73. The van der Waals surface area contributed by atoms with Gasteiger partial charge in [0.05, 0.1) is 5.75 Å². The first kappa shape index (κ1) is 15.3. The Morgan fingerprint density at radius 2 is 1.95 bits per heavy atom. The molecule has 1 unspecified atom stereocenters. The molecule has 1 saturated carbocycles. The van der Waals surface area contributed by atoms with E-state index >= 15 is 0 Å². The quantitative estimate of drug-likeness (QED) is 0.779. The number of hydrogen-bond acceptors (Lipinski definition) is 3. The van der Waals surface area contributed by atoms with Crippen LogP contribution in [0.25, 0.3) is 0 Å². The summed E-state index contributed by atoms with van der Waals surface area (Å²) in [4.78, 5) is 0. The van der Waals surface area contributed by atoms with Gasteiger partial charge in [-0.2, -0.15) is 4.31 Å². The van der Waals surface area contributed by atoms with Crippen LogP contribution in [0, 0.1) is 5.92 Å². The predicted molar refractivity (Wildman–Crippen MR) is 78.6 cm³/mol. The Kier molecular flexibility index (Phi) is 5.26. The van der Waals surface area contributed by atoms with Crippen LogP contribution in [0.3, 0.4) is 0 Å². The summed E-state index contributed by atoms with van der Waals surface area (Å²) >= 11 is 0.